The summed E-state index contributed by atoms with van der Waals surface area (Å²) in [5.41, 5.74) is -0.0603. The van der Waals surface area contributed by atoms with Gasteiger partial charge in [0, 0.05) is 17.9 Å². The second-order valence-corrected chi connectivity index (χ2v) is 7.45. The summed E-state index contributed by atoms with van der Waals surface area (Å²) in [6.07, 6.45) is -0.238. The van der Waals surface area contributed by atoms with E-state index in [-0.39, 0.29) is 34.6 Å². The molecule has 1 heterocycles. The van der Waals surface area contributed by atoms with Gasteiger partial charge in [0.05, 0.1) is 30.7 Å². The molecule has 0 aliphatic rings. The molecule has 168 valence electrons. The number of hydrogen-bond donors (Lipinski definition) is 2. The Hall–Kier alpha value is -4.26. The van der Waals surface area contributed by atoms with Crippen LogP contribution in [-0.4, -0.2) is 30.2 Å². The minimum absolute atomic E-state index is 0.0796. The maximum absolute atomic E-state index is 13.2. The Bertz CT molecular complexity index is 1390. The lowest BCUT2D eigenvalue weighted by Crippen LogP contribution is -2.18. The van der Waals surface area contributed by atoms with E-state index in [4.69, 9.17) is 13.9 Å². The molecule has 0 aliphatic carbocycles. The minimum atomic E-state index is -0.942. The van der Waals surface area contributed by atoms with Crippen LogP contribution in [0.5, 0.6) is 23.0 Å². The predicted molar refractivity (Wildman–Crippen MR) is 123 cm³/mol. The monoisotopic (exact) mass is 446 g/mol. The average Bonchev–Trinajstić information content (AvgIpc) is 2.83. The van der Waals surface area contributed by atoms with Crippen molar-refractivity contribution in [3.05, 3.63) is 93.8 Å². The zero-order valence-electron chi connectivity index (χ0n) is 18.1. The summed E-state index contributed by atoms with van der Waals surface area (Å²) in [4.78, 5) is 26.3. The van der Waals surface area contributed by atoms with Crippen LogP contribution in [0.4, 0.5) is 0 Å². The zero-order valence-corrected chi connectivity index (χ0v) is 18.1. The molecule has 0 fully saturated rings. The van der Waals surface area contributed by atoms with Gasteiger partial charge in [0.15, 0.2) is 5.78 Å². The smallest absolute Gasteiger partial charge is 0.343 e. The number of fused-ring (bicyclic) bond motifs is 1. The van der Waals surface area contributed by atoms with Crippen LogP contribution in [0.25, 0.3) is 11.0 Å². The summed E-state index contributed by atoms with van der Waals surface area (Å²) in [6.45, 7) is 0. The van der Waals surface area contributed by atoms with E-state index in [2.05, 4.69) is 0 Å². The van der Waals surface area contributed by atoms with Gasteiger partial charge in [0.1, 0.15) is 28.6 Å². The summed E-state index contributed by atoms with van der Waals surface area (Å²) in [5.74, 6) is -0.929. The summed E-state index contributed by atoms with van der Waals surface area (Å²) >= 11 is 0. The molecule has 3 aromatic carbocycles. The molecule has 33 heavy (non-hydrogen) atoms. The van der Waals surface area contributed by atoms with Crippen molar-refractivity contribution in [2.45, 2.75) is 12.3 Å². The van der Waals surface area contributed by atoms with Crippen LogP contribution in [0.1, 0.15) is 33.8 Å². The Labute approximate surface area is 189 Å². The number of ketones is 1. The van der Waals surface area contributed by atoms with Gasteiger partial charge < -0.3 is 24.1 Å². The predicted octanol–water partition coefficient (Wildman–Crippen LogP) is 4.63. The molecule has 0 saturated heterocycles. The van der Waals surface area contributed by atoms with Crippen molar-refractivity contribution in [2.75, 3.05) is 14.2 Å². The first-order valence-corrected chi connectivity index (χ1v) is 10.2. The largest absolute Gasteiger partial charge is 0.507 e. The maximum atomic E-state index is 13.2. The number of Topliss-reactive ketones (excluding diaryl/α,β-unsaturated/α-hetero) is 1. The Kier molecular flexibility index (Phi) is 6.04. The van der Waals surface area contributed by atoms with Crippen molar-refractivity contribution in [3.8, 4) is 23.0 Å². The van der Waals surface area contributed by atoms with Gasteiger partial charge in [-0.05, 0) is 42.5 Å². The molecule has 0 saturated carbocycles. The fourth-order valence-corrected chi connectivity index (χ4v) is 3.94. The molecular weight excluding hydrogens is 424 g/mol. The van der Waals surface area contributed by atoms with E-state index in [0.29, 0.717) is 22.4 Å². The van der Waals surface area contributed by atoms with Crippen LogP contribution >= 0.6 is 0 Å². The number of ether oxygens (including phenoxy) is 2. The number of hydrogen-bond acceptors (Lipinski definition) is 7. The molecule has 7 nitrogen and oxygen atoms in total. The number of phenolic OH excluding ortho intramolecular Hbond substituents is 1. The molecule has 0 radical (unpaired) electrons. The van der Waals surface area contributed by atoms with E-state index in [1.54, 1.807) is 54.6 Å². The molecule has 1 unspecified atom stereocenters. The fraction of sp³-hybridized carbons (Fsp3) is 0.154. The summed E-state index contributed by atoms with van der Waals surface area (Å²) in [6, 6.07) is 17.8. The van der Waals surface area contributed by atoms with E-state index < -0.39 is 17.3 Å². The third-order valence-corrected chi connectivity index (χ3v) is 5.57. The standard InChI is InChI=1S/C26H22O7/c1-31-15-11-12-22(32-2)18(13-15)19(14-21(28)16-7-3-5-9-20(16)27)24-25(29)17-8-4-6-10-23(17)33-26(24)30/h3-13,19,27,29H,14H2,1-2H3. The minimum Gasteiger partial charge on any atom is -0.507 e. The van der Waals surface area contributed by atoms with E-state index in [1.165, 1.54) is 26.4 Å². The number of carbonyl (C=O) groups excluding carboxylic acids is 1. The highest BCUT2D eigenvalue weighted by atomic mass is 16.5. The molecular formula is C26H22O7. The molecule has 1 aromatic heterocycles. The quantitative estimate of drug-likeness (QED) is 0.315. The number of phenols is 1. The molecule has 1 atom stereocenters. The van der Waals surface area contributed by atoms with Crippen LogP contribution in [0, 0.1) is 0 Å². The number of para-hydroxylation sites is 2. The summed E-state index contributed by atoms with van der Waals surface area (Å²) < 4.78 is 16.3. The van der Waals surface area contributed by atoms with Crippen molar-refractivity contribution in [2.24, 2.45) is 0 Å². The summed E-state index contributed by atoms with van der Waals surface area (Å²) in [7, 11) is 2.96. The van der Waals surface area contributed by atoms with E-state index in [0.717, 1.165) is 0 Å². The molecule has 0 spiro atoms. The van der Waals surface area contributed by atoms with Crippen molar-refractivity contribution < 1.29 is 28.9 Å². The maximum Gasteiger partial charge on any atom is 0.343 e. The van der Waals surface area contributed by atoms with Gasteiger partial charge >= 0.3 is 5.63 Å². The van der Waals surface area contributed by atoms with Gasteiger partial charge in [-0.15, -0.1) is 0 Å². The van der Waals surface area contributed by atoms with E-state index in [1.807, 2.05) is 0 Å². The Morgan fingerprint density at radius 3 is 2.42 bits per heavy atom. The third kappa shape index (κ3) is 4.13. The molecule has 0 amide bonds. The van der Waals surface area contributed by atoms with Crippen molar-refractivity contribution in [3.63, 3.8) is 0 Å². The van der Waals surface area contributed by atoms with Gasteiger partial charge in [-0.1, -0.05) is 24.3 Å². The van der Waals surface area contributed by atoms with Crippen LogP contribution in [0.3, 0.4) is 0 Å². The normalized spacial score (nSPS) is 11.8. The molecule has 0 aliphatic heterocycles. The van der Waals surface area contributed by atoms with Crippen molar-refractivity contribution in [1.82, 2.24) is 0 Å². The van der Waals surface area contributed by atoms with Gasteiger partial charge in [-0.2, -0.15) is 0 Å². The number of carbonyl (C=O) groups is 1. The second-order valence-electron chi connectivity index (χ2n) is 7.45. The van der Waals surface area contributed by atoms with Crippen LogP contribution in [-0.2, 0) is 0 Å². The third-order valence-electron chi connectivity index (χ3n) is 5.57. The molecule has 2 N–H and O–H groups in total. The molecule has 4 rings (SSSR count). The second kappa shape index (κ2) is 9.08. The summed E-state index contributed by atoms with van der Waals surface area (Å²) in [5, 5.41) is 21.6. The Morgan fingerprint density at radius 2 is 1.70 bits per heavy atom. The highest BCUT2D eigenvalue weighted by Crippen LogP contribution is 2.41. The lowest BCUT2D eigenvalue weighted by Gasteiger charge is -2.21. The van der Waals surface area contributed by atoms with Gasteiger partial charge in [0.25, 0.3) is 0 Å². The van der Waals surface area contributed by atoms with E-state index >= 15 is 0 Å². The van der Waals surface area contributed by atoms with Crippen LogP contribution < -0.4 is 15.1 Å². The first kappa shape index (κ1) is 22.0. The SMILES string of the molecule is COc1ccc(OC)c(C(CC(=O)c2ccccc2O)c2c(O)c3ccccc3oc2=O)c1. The van der Waals surface area contributed by atoms with Gasteiger partial charge in [0.2, 0.25) is 0 Å². The number of benzene rings is 3. The van der Waals surface area contributed by atoms with Crippen LogP contribution in [0.2, 0.25) is 0 Å². The Balaban J connectivity index is 1.95. The van der Waals surface area contributed by atoms with Crippen molar-refractivity contribution >= 4 is 16.8 Å². The number of methoxy groups -OCH3 is 2. The first-order valence-electron chi connectivity index (χ1n) is 10.2. The first-order chi connectivity index (χ1) is 15.9. The topological polar surface area (TPSA) is 106 Å². The highest BCUT2D eigenvalue weighted by molar-refractivity contribution is 5.99. The van der Waals surface area contributed by atoms with Crippen molar-refractivity contribution in [1.29, 1.82) is 0 Å². The van der Waals surface area contributed by atoms with Gasteiger partial charge in [-0.3, -0.25) is 4.79 Å². The van der Waals surface area contributed by atoms with E-state index in [9.17, 15) is 19.8 Å². The Morgan fingerprint density at radius 1 is 0.970 bits per heavy atom. The number of rotatable bonds is 7. The fourth-order valence-electron chi connectivity index (χ4n) is 3.94. The van der Waals surface area contributed by atoms with Crippen LogP contribution in [0.15, 0.2) is 75.9 Å². The van der Waals surface area contributed by atoms with Gasteiger partial charge in [-0.25, -0.2) is 4.79 Å². The zero-order chi connectivity index (χ0) is 23.5. The average molecular weight is 446 g/mol. The molecule has 7 heteroatoms. The highest BCUT2D eigenvalue weighted by Gasteiger charge is 2.30. The number of aromatic hydroxyl groups is 2. The molecule has 0 bridgehead atoms. The lowest BCUT2D eigenvalue weighted by atomic mass is 9.84. The molecule has 4 aromatic rings. The lowest BCUT2D eigenvalue weighted by molar-refractivity contribution is 0.0974.